The van der Waals surface area contributed by atoms with Gasteiger partial charge in [0.2, 0.25) is 0 Å². The predicted octanol–water partition coefficient (Wildman–Crippen LogP) is 15.3. The number of rotatable bonds is 5. The topological polar surface area (TPSA) is 3.24 Å². The van der Waals surface area contributed by atoms with Crippen LogP contribution in [0.1, 0.15) is 93.4 Å². The van der Waals surface area contributed by atoms with Crippen molar-refractivity contribution in [3.05, 3.63) is 174 Å². The molecule has 1 heteroatoms. The van der Waals surface area contributed by atoms with E-state index in [2.05, 4.69) is 163 Å². The van der Waals surface area contributed by atoms with Crippen LogP contribution in [-0.2, 0) is 10.8 Å². The van der Waals surface area contributed by atoms with Gasteiger partial charge in [0.15, 0.2) is 0 Å². The molecule has 0 radical (unpaired) electrons. The summed E-state index contributed by atoms with van der Waals surface area (Å²) in [6.07, 6.45) is 13.2. The minimum atomic E-state index is 0.0726. The van der Waals surface area contributed by atoms with Gasteiger partial charge in [0, 0.05) is 27.9 Å². The number of anilines is 3. The molecule has 0 aromatic heterocycles. The largest absolute Gasteiger partial charge is 0.310 e. The first-order chi connectivity index (χ1) is 28.2. The molecule has 3 fully saturated rings. The van der Waals surface area contributed by atoms with Crippen LogP contribution in [0.5, 0.6) is 0 Å². The fraction of sp³-hybridized carbons (Fsp3) is 0.286. The predicted molar refractivity (Wildman–Crippen MR) is 239 cm³/mol. The number of hydrogen-bond donors (Lipinski definition) is 0. The van der Waals surface area contributed by atoms with Gasteiger partial charge in [-0.25, -0.2) is 0 Å². The Morgan fingerprint density at radius 1 is 0.509 bits per heavy atom. The highest BCUT2D eigenvalue weighted by Crippen LogP contribution is 2.65. The molecule has 12 rings (SSSR count). The summed E-state index contributed by atoms with van der Waals surface area (Å²) >= 11 is 0. The smallest absolute Gasteiger partial charge is 0.0468 e. The summed E-state index contributed by atoms with van der Waals surface area (Å²) < 4.78 is 0. The summed E-state index contributed by atoms with van der Waals surface area (Å²) in [5, 5.41) is 2.58. The van der Waals surface area contributed by atoms with Crippen LogP contribution in [0.25, 0.3) is 44.2 Å². The van der Waals surface area contributed by atoms with Crippen molar-refractivity contribution in [3.8, 4) is 33.4 Å². The zero-order valence-corrected chi connectivity index (χ0v) is 33.2. The summed E-state index contributed by atoms with van der Waals surface area (Å²) in [6.45, 7) is 2.47. The Balaban J connectivity index is 1.06. The molecule has 0 amide bonds. The summed E-state index contributed by atoms with van der Waals surface area (Å²) in [4.78, 5) is 2.58. The van der Waals surface area contributed by atoms with Crippen LogP contribution in [0.3, 0.4) is 0 Å². The molecule has 2 spiro atoms. The van der Waals surface area contributed by atoms with E-state index in [1.807, 2.05) is 0 Å². The van der Waals surface area contributed by atoms with Gasteiger partial charge in [0.1, 0.15) is 0 Å². The van der Waals surface area contributed by atoms with Crippen LogP contribution in [0.4, 0.5) is 17.1 Å². The Morgan fingerprint density at radius 2 is 1.16 bits per heavy atom. The second kappa shape index (κ2) is 12.8. The maximum Gasteiger partial charge on any atom is 0.0468 e. The van der Waals surface area contributed by atoms with E-state index in [1.54, 1.807) is 22.3 Å². The first-order valence-electron chi connectivity index (χ1n) is 22.0. The molecular weight excluding hydrogens is 687 g/mol. The maximum absolute atomic E-state index is 2.66. The van der Waals surface area contributed by atoms with E-state index in [9.17, 15) is 0 Å². The van der Waals surface area contributed by atoms with E-state index in [4.69, 9.17) is 0 Å². The fourth-order valence-corrected chi connectivity index (χ4v) is 13.5. The summed E-state index contributed by atoms with van der Waals surface area (Å²) in [6, 6.07) is 58.8. The lowest BCUT2D eigenvalue weighted by Crippen LogP contribution is -2.48. The molecule has 4 atom stereocenters. The number of fused-ring (bicyclic) bond motifs is 14. The van der Waals surface area contributed by atoms with E-state index < -0.39 is 0 Å². The molecule has 7 aromatic carbocycles. The van der Waals surface area contributed by atoms with Crippen molar-refractivity contribution in [2.24, 2.45) is 17.8 Å². The van der Waals surface area contributed by atoms with Gasteiger partial charge >= 0.3 is 0 Å². The molecule has 0 N–H and O–H groups in total. The van der Waals surface area contributed by atoms with Gasteiger partial charge in [-0.15, -0.1) is 0 Å². The average molecular weight is 738 g/mol. The first kappa shape index (κ1) is 33.7. The minimum absolute atomic E-state index is 0.0726. The van der Waals surface area contributed by atoms with Crippen LogP contribution in [0, 0.1) is 17.8 Å². The number of benzene rings is 7. The van der Waals surface area contributed by atoms with Crippen molar-refractivity contribution in [2.45, 2.75) is 82.0 Å². The second-order valence-corrected chi connectivity index (χ2v) is 18.2. The zero-order chi connectivity index (χ0) is 37.7. The Hall–Kier alpha value is -5.40. The van der Waals surface area contributed by atoms with Crippen LogP contribution in [-0.4, -0.2) is 0 Å². The van der Waals surface area contributed by atoms with E-state index in [0.29, 0.717) is 11.8 Å². The van der Waals surface area contributed by atoms with Gasteiger partial charge in [0.05, 0.1) is 0 Å². The molecule has 5 aliphatic carbocycles. The molecule has 280 valence electrons. The van der Waals surface area contributed by atoms with Crippen molar-refractivity contribution in [2.75, 3.05) is 4.90 Å². The maximum atomic E-state index is 2.66. The third-order valence-corrected chi connectivity index (χ3v) is 15.7. The first-order valence-corrected chi connectivity index (χ1v) is 22.0. The van der Waals surface area contributed by atoms with Crippen LogP contribution in [0.15, 0.2) is 152 Å². The highest BCUT2D eigenvalue weighted by molar-refractivity contribution is 5.97. The van der Waals surface area contributed by atoms with Gasteiger partial charge in [0.25, 0.3) is 0 Å². The Bertz CT molecular complexity index is 2690. The highest BCUT2D eigenvalue weighted by Gasteiger charge is 2.56. The standard InChI is InChI=1S/C56H51N/c1-2-40-33-37-13-11-16-41(34-37)56(40)53-22-8-6-18-47(53)49-29-27-44(36-54(49)56)57(42-25-23-39(24-26-42)46-20-12-15-38-14-3-4-17-45(38)46)43-28-30-52-50(35-43)48-19-5-7-21-51(48)55(52)31-9-10-32-55/h3-8,12,14-15,17-30,35-37,40-41H,2,9-11,13,16,31-34H2,1H3. The normalized spacial score (nSPS) is 23.4. The highest BCUT2D eigenvalue weighted by atomic mass is 15.1. The molecule has 3 saturated carbocycles. The van der Waals surface area contributed by atoms with Crippen molar-refractivity contribution < 1.29 is 0 Å². The van der Waals surface area contributed by atoms with Gasteiger partial charge in [-0.1, -0.05) is 154 Å². The molecule has 0 heterocycles. The third kappa shape index (κ3) is 4.75. The van der Waals surface area contributed by atoms with Gasteiger partial charge in [-0.3, -0.25) is 0 Å². The van der Waals surface area contributed by atoms with Crippen molar-refractivity contribution >= 4 is 27.8 Å². The summed E-state index contributed by atoms with van der Waals surface area (Å²) in [5.41, 5.74) is 18.6. The van der Waals surface area contributed by atoms with Crippen LogP contribution < -0.4 is 4.90 Å². The van der Waals surface area contributed by atoms with Gasteiger partial charge < -0.3 is 4.90 Å². The molecule has 4 unspecified atom stereocenters. The van der Waals surface area contributed by atoms with Gasteiger partial charge in [-0.05, 0) is 153 Å². The lowest BCUT2D eigenvalue weighted by Gasteiger charge is -2.54. The van der Waals surface area contributed by atoms with E-state index in [0.717, 1.165) is 5.92 Å². The molecule has 5 aliphatic rings. The quantitative estimate of drug-likeness (QED) is 0.170. The molecular formula is C56H51N. The molecule has 0 aliphatic heterocycles. The summed E-state index contributed by atoms with van der Waals surface area (Å²) in [7, 11) is 0. The molecule has 2 bridgehead atoms. The van der Waals surface area contributed by atoms with Crippen molar-refractivity contribution in [1.82, 2.24) is 0 Å². The fourth-order valence-electron chi connectivity index (χ4n) is 13.5. The molecule has 0 saturated heterocycles. The number of nitrogens with zero attached hydrogens (tertiary/aromatic N) is 1. The Kier molecular flexibility index (Phi) is 7.57. The Morgan fingerprint density at radius 3 is 2.00 bits per heavy atom. The second-order valence-electron chi connectivity index (χ2n) is 18.2. The van der Waals surface area contributed by atoms with Crippen molar-refractivity contribution in [3.63, 3.8) is 0 Å². The number of hydrogen-bond acceptors (Lipinski definition) is 1. The Labute approximate surface area is 338 Å². The minimum Gasteiger partial charge on any atom is -0.310 e. The molecule has 7 aromatic rings. The molecule has 57 heavy (non-hydrogen) atoms. The monoisotopic (exact) mass is 737 g/mol. The average Bonchev–Trinajstić information content (AvgIpc) is 3.95. The van der Waals surface area contributed by atoms with Crippen LogP contribution >= 0.6 is 0 Å². The lowest BCUT2D eigenvalue weighted by atomic mass is 9.50. The van der Waals surface area contributed by atoms with Crippen molar-refractivity contribution in [1.29, 1.82) is 0 Å². The van der Waals surface area contributed by atoms with Gasteiger partial charge in [-0.2, -0.15) is 0 Å². The zero-order valence-electron chi connectivity index (χ0n) is 33.2. The summed E-state index contributed by atoms with van der Waals surface area (Å²) in [5.74, 6) is 2.24. The van der Waals surface area contributed by atoms with E-state index >= 15 is 0 Å². The van der Waals surface area contributed by atoms with E-state index in [-0.39, 0.29) is 10.8 Å². The third-order valence-electron chi connectivity index (χ3n) is 15.7. The van der Waals surface area contributed by atoms with Crippen LogP contribution in [0.2, 0.25) is 0 Å². The van der Waals surface area contributed by atoms with E-state index in [1.165, 1.54) is 125 Å². The SMILES string of the molecule is CCC1CC2CCCC(C2)C12c1ccccc1-c1ccc(N(c3ccc(-c4cccc5ccccc45)cc3)c3ccc4c(c3)-c3ccccc3C43CCCC3)cc12. The molecule has 1 nitrogen and oxygen atoms in total. The lowest BCUT2D eigenvalue weighted by molar-refractivity contribution is 0.0557.